The molecule has 3 aromatic carbocycles. The first-order valence-electron chi connectivity index (χ1n) is 15.3. The molecule has 3 N–H and O–H groups in total. The van der Waals surface area contributed by atoms with Crippen LogP contribution in [0.2, 0.25) is 0 Å². The van der Waals surface area contributed by atoms with Crippen molar-refractivity contribution in [2.24, 2.45) is 11.8 Å². The van der Waals surface area contributed by atoms with Crippen molar-refractivity contribution in [1.82, 2.24) is 15.2 Å². The number of carbonyl (C=O) groups excluding carboxylic acids is 2. The number of oxazole rings is 1. The summed E-state index contributed by atoms with van der Waals surface area (Å²) in [5.41, 5.74) is 4.15. The Bertz CT molecular complexity index is 1720. The Hall–Kier alpha value is -4.78. The van der Waals surface area contributed by atoms with Crippen LogP contribution < -0.4 is 20.3 Å². The van der Waals surface area contributed by atoms with Crippen molar-refractivity contribution in [2.75, 3.05) is 63.8 Å². The summed E-state index contributed by atoms with van der Waals surface area (Å²) in [4.78, 5) is 47.1. The summed E-state index contributed by atoms with van der Waals surface area (Å²) in [5, 5.41) is 15.9. The average molecular weight is 628 g/mol. The van der Waals surface area contributed by atoms with Gasteiger partial charge in [0.25, 0.3) is 6.01 Å². The van der Waals surface area contributed by atoms with E-state index in [1.54, 1.807) is 19.1 Å². The van der Waals surface area contributed by atoms with Crippen LogP contribution in [0.5, 0.6) is 5.75 Å². The highest BCUT2D eigenvalue weighted by Crippen LogP contribution is 2.32. The minimum Gasteiger partial charge on any atom is -0.495 e. The van der Waals surface area contributed by atoms with E-state index in [9.17, 15) is 19.5 Å². The zero-order valence-corrected chi connectivity index (χ0v) is 25.8. The Kier molecular flexibility index (Phi) is 9.29. The number of Topliss-reactive ketones (excluding diaryl/α,β-unsaturated/α-hetero) is 1. The summed E-state index contributed by atoms with van der Waals surface area (Å²) >= 11 is 0. The lowest BCUT2D eigenvalue weighted by Gasteiger charge is -2.35. The van der Waals surface area contributed by atoms with E-state index in [-0.39, 0.29) is 24.7 Å². The zero-order valence-electron chi connectivity index (χ0n) is 25.8. The van der Waals surface area contributed by atoms with Crippen molar-refractivity contribution in [2.45, 2.75) is 12.5 Å². The number of nitrogens with zero attached hydrogens (tertiary/aromatic N) is 3. The van der Waals surface area contributed by atoms with Crippen LogP contribution in [0.1, 0.15) is 17.2 Å². The quantitative estimate of drug-likeness (QED) is 0.224. The minimum atomic E-state index is -0.966. The highest BCUT2D eigenvalue weighted by atomic mass is 16.5. The Morgan fingerprint density at radius 3 is 2.54 bits per heavy atom. The molecule has 1 amide bonds. The second kappa shape index (κ2) is 13.7. The van der Waals surface area contributed by atoms with Gasteiger partial charge >= 0.3 is 5.97 Å². The zero-order chi connectivity index (χ0) is 32.2. The lowest BCUT2D eigenvalue weighted by molar-refractivity contribution is -0.146. The normalized spacial score (nSPS) is 19.1. The smallest absolute Gasteiger partial charge is 0.308 e. The van der Waals surface area contributed by atoms with Gasteiger partial charge in [0.05, 0.1) is 44.4 Å². The van der Waals surface area contributed by atoms with Gasteiger partial charge in [-0.15, -0.1) is 0 Å². The number of carboxylic acids is 1. The van der Waals surface area contributed by atoms with Crippen LogP contribution in [0, 0.1) is 11.8 Å². The molecule has 2 fully saturated rings. The number of ether oxygens (including phenoxy) is 2. The highest BCUT2D eigenvalue weighted by Gasteiger charge is 2.42. The van der Waals surface area contributed by atoms with Crippen molar-refractivity contribution >= 4 is 46.1 Å². The van der Waals surface area contributed by atoms with Crippen LogP contribution >= 0.6 is 0 Å². The second-order valence-corrected chi connectivity index (χ2v) is 11.5. The van der Waals surface area contributed by atoms with E-state index in [4.69, 9.17) is 13.9 Å². The number of nitrogens with one attached hydrogen (secondary N) is 2. The number of carboxylic acid groups (broad SMARTS) is 1. The van der Waals surface area contributed by atoms with E-state index in [0.717, 1.165) is 16.8 Å². The highest BCUT2D eigenvalue weighted by molar-refractivity contribution is 5.95. The third kappa shape index (κ3) is 6.59. The first-order chi connectivity index (χ1) is 22.3. The molecule has 6 rings (SSSR count). The number of morpholine rings is 1. The number of fused-ring (bicyclic) bond motifs is 1. The molecule has 3 atom stereocenters. The number of anilines is 3. The predicted molar refractivity (Wildman–Crippen MR) is 171 cm³/mol. The predicted octanol–water partition coefficient (Wildman–Crippen LogP) is 3.65. The van der Waals surface area contributed by atoms with Gasteiger partial charge in [-0.2, -0.15) is 4.98 Å². The molecule has 0 saturated carbocycles. The molecular weight excluding hydrogens is 590 g/mol. The van der Waals surface area contributed by atoms with Crippen LogP contribution in [0.25, 0.3) is 11.1 Å². The fourth-order valence-corrected chi connectivity index (χ4v) is 6.14. The minimum absolute atomic E-state index is 0.111. The van der Waals surface area contributed by atoms with Gasteiger partial charge in [0.1, 0.15) is 11.3 Å². The first-order valence-corrected chi connectivity index (χ1v) is 15.3. The van der Waals surface area contributed by atoms with E-state index in [2.05, 4.69) is 20.5 Å². The maximum absolute atomic E-state index is 13.8. The fraction of sp³-hybridized carbons (Fsp3) is 0.353. The number of carbonyl (C=O) groups is 3. The summed E-state index contributed by atoms with van der Waals surface area (Å²) in [6, 6.07) is 20.0. The van der Waals surface area contributed by atoms with Gasteiger partial charge in [-0.05, 0) is 47.5 Å². The van der Waals surface area contributed by atoms with Crippen LogP contribution in [0.3, 0.4) is 0 Å². The molecule has 12 nitrogen and oxygen atoms in total. The number of para-hydroxylation sites is 2. The largest absolute Gasteiger partial charge is 0.495 e. The van der Waals surface area contributed by atoms with Gasteiger partial charge in [0.2, 0.25) is 5.91 Å². The number of aliphatic carboxylic acids is 1. The van der Waals surface area contributed by atoms with Gasteiger partial charge in [0.15, 0.2) is 11.4 Å². The number of benzene rings is 3. The number of aromatic nitrogens is 1. The average Bonchev–Trinajstić information content (AvgIpc) is 3.73. The van der Waals surface area contributed by atoms with Gasteiger partial charge in [-0.25, -0.2) is 0 Å². The lowest BCUT2D eigenvalue weighted by atomic mass is 9.85. The van der Waals surface area contributed by atoms with Crippen molar-refractivity contribution < 1.29 is 33.4 Å². The van der Waals surface area contributed by atoms with E-state index in [0.29, 0.717) is 61.4 Å². The summed E-state index contributed by atoms with van der Waals surface area (Å²) in [5.74, 6) is -1.92. The SMILES string of the molecule is COc1ccccc1Nc1nc2ccc(CC(=O)N(C)c3ccc(C(C(=O)C4CNCC4C(=O)O)N4CCOCC4)cc3)cc2o1. The van der Waals surface area contributed by atoms with Crippen LogP contribution in [0.4, 0.5) is 17.4 Å². The molecule has 3 heterocycles. The molecule has 0 bridgehead atoms. The van der Waals surface area contributed by atoms with E-state index >= 15 is 0 Å². The molecule has 12 heteroatoms. The van der Waals surface area contributed by atoms with E-state index in [1.807, 2.05) is 66.7 Å². The van der Waals surface area contributed by atoms with Crippen molar-refractivity contribution in [3.05, 3.63) is 77.9 Å². The lowest BCUT2D eigenvalue weighted by Crippen LogP contribution is -2.45. The third-order valence-electron chi connectivity index (χ3n) is 8.70. The summed E-state index contributed by atoms with van der Waals surface area (Å²) in [6.07, 6.45) is 0.143. The van der Waals surface area contributed by atoms with Crippen LogP contribution in [-0.4, -0.2) is 86.2 Å². The number of likely N-dealkylation sites (N-methyl/N-ethyl adjacent to an activating group) is 1. The van der Waals surface area contributed by atoms with Crippen molar-refractivity contribution in [1.29, 1.82) is 0 Å². The molecule has 2 saturated heterocycles. The Morgan fingerprint density at radius 1 is 1.07 bits per heavy atom. The summed E-state index contributed by atoms with van der Waals surface area (Å²) in [7, 11) is 3.31. The van der Waals surface area contributed by atoms with Gasteiger partial charge in [-0.3, -0.25) is 19.3 Å². The molecule has 3 unspecified atom stereocenters. The van der Waals surface area contributed by atoms with Gasteiger partial charge < -0.3 is 34.5 Å². The number of hydrogen-bond acceptors (Lipinski definition) is 10. The Balaban J connectivity index is 1.15. The monoisotopic (exact) mass is 627 g/mol. The number of ketones is 1. The molecule has 0 radical (unpaired) electrons. The van der Waals surface area contributed by atoms with Crippen LogP contribution in [0.15, 0.2) is 71.1 Å². The van der Waals surface area contributed by atoms with E-state index < -0.39 is 23.8 Å². The van der Waals surface area contributed by atoms with Crippen molar-refractivity contribution in [3.63, 3.8) is 0 Å². The number of rotatable bonds is 11. The fourth-order valence-electron chi connectivity index (χ4n) is 6.14. The maximum Gasteiger partial charge on any atom is 0.308 e. The summed E-state index contributed by atoms with van der Waals surface area (Å²) < 4.78 is 16.8. The number of hydrogen-bond donors (Lipinski definition) is 3. The Morgan fingerprint density at radius 2 is 1.80 bits per heavy atom. The molecule has 46 heavy (non-hydrogen) atoms. The van der Waals surface area contributed by atoms with Crippen LogP contribution in [-0.2, 0) is 25.5 Å². The molecule has 2 aliphatic heterocycles. The van der Waals surface area contributed by atoms with E-state index in [1.165, 1.54) is 0 Å². The van der Waals surface area contributed by atoms with Gasteiger partial charge in [-0.1, -0.05) is 30.3 Å². The second-order valence-electron chi connectivity index (χ2n) is 11.5. The third-order valence-corrected chi connectivity index (χ3v) is 8.70. The molecule has 240 valence electrons. The Labute approximate surface area is 266 Å². The number of amides is 1. The van der Waals surface area contributed by atoms with Crippen molar-refractivity contribution in [3.8, 4) is 5.75 Å². The summed E-state index contributed by atoms with van der Waals surface area (Å²) in [6.45, 7) is 2.76. The molecule has 2 aliphatic rings. The standard InChI is InChI=1S/C34H37N5O7/c1-38(30(40)18-21-7-12-27-29(17-21)46-34(37-27)36-26-5-3-4-6-28(26)44-2)23-10-8-22(9-11-23)31(39-13-15-45-16-14-39)32(41)24-19-35-20-25(24)33(42)43/h3-12,17,24-25,31,35H,13-16,18-20H2,1-2H3,(H,36,37)(H,42,43). The number of methoxy groups -OCH3 is 1. The topological polar surface area (TPSA) is 146 Å². The first kappa shape index (κ1) is 31.2. The van der Waals surface area contributed by atoms with Gasteiger partial charge in [0, 0.05) is 44.8 Å². The molecule has 1 aromatic heterocycles. The molecule has 0 aliphatic carbocycles. The molecular formula is C34H37N5O7. The molecule has 4 aromatic rings. The maximum atomic E-state index is 13.8. The molecule has 0 spiro atoms.